The van der Waals surface area contributed by atoms with Crippen LogP contribution in [0.3, 0.4) is 0 Å². The van der Waals surface area contributed by atoms with Crippen LogP contribution in [0.2, 0.25) is 0 Å². The number of oxazole rings is 1. The summed E-state index contributed by atoms with van der Waals surface area (Å²) in [6.45, 7) is 2.59. The summed E-state index contributed by atoms with van der Waals surface area (Å²) in [5.74, 6) is 0.616. The highest BCUT2D eigenvalue weighted by atomic mass is 32.1. The van der Waals surface area contributed by atoms with Gasteiger partial charge in [-0.2, -0.15) is 0 Å². The predicted octanol–water partition coefficient (Wildman–Crippen LogP) is 2.00. The number of amides is 1. The van der Waals surface area contributed by atoms with Gasteiger partial charge in [-0.15, -0.1) is 11.3 Å². The third kappa shape index (κ3) is 3.66. The number of aliphatic hydroxyl groups excluding tert-OH is 1. The third-order valence-electron chi connectivity index (χ3n) is 4.44. The molecule has 1 amide bonds. The van der Waals surface area contributed by atoms with E-state index >= 15 is 0 Å². The average Bonchev–Trinajstić information content (AvgIpc) is 3.37. The van der Waals surface area contributed by atoms with E-state index in [1.807, 2.05) is 25.1 Å². The SMILES string of the molecule is Cc1nc2cc(OCc3nc(C(=O)N(C)[C@H]4COC[C@@H]4O)co3)ccc2s1. The molecule has 2 aromatic heterocycles. The van der Waals surface area contributed by atoms with Crippen molar-refractivity contribution in [2.45, 2.75) is 25.7 Å². The molecule has 0 saturated carbocycles. The lowest BCUT2D eigenvalue weighted by Crippen LogP contribution is -2.44. The quantitative estimate of drug-likeness (QED) is 0.713. The Morgan fingerprint density at radius 2 is 2.26 bits per heavy atom. The molecule has 142 valence electrons. The lowest BCUT2D eigenvalue weighted by atomic mass is 10.2. The summed E-state index contributed by atoms with van der Waals surface area (Å²) >= 11 is 1.63. The van der Waals surface area contributed by atoms with Gasteiger partial charge < -0.3 is 23.9 Å². The number of aryl methyl sites for hydroxylation is 1. The molecule has 1 aromatic carbocycles. The molecule has 3 heterocycles. The summed E-state index contributed by atoms with van der Waals surface area (Å²) in [5.41, 5.74) is 1.05. The van der Waals surface area contributed by atoms with Crippen molar-refractivity contribution in [2.75, 3.05) is 20.3 Å². The van der Waals surface area contributed by atoms with Crippen molar-refractivity contribution in [3.63, 3.8) is 0 Å². The number of likely N-dealkylation sites (N-methyl/N-ethyl adjacent to an activating group) is 1. The first-order valence-electron chi connectivity index (χ1n) is 8.48. The zero-order chi connectivity index (χ0) is 19.0. The van der Waals surface area contributed by atoms with Crippen LogP contribution in [0.4, 0.5) is 0 Å². The molecule has 8 nitrogen and oxygen atoms in total. The van der Waals surface area contributed by atoms with E-state index < -0.39 is 6.10 Å². The van der Waals surface area contributed by atoms with Gasteiger partial charge >= 0.3 is 0 Å². The predicted molar refractivity (Wildman–Crippen MR) is 97.9 cm³/mol. The fraction of sp³-hybridized carbons (Fsp3) is 0.389. The second-order valence-corrected chi connectivity index (χ2v) is 7.60. The Bertz CT molecular complexity index is 969. The topological polar surface area (TPSA) is 97.9 Å². The molecule has 1 aliphatic rings. The maximum absolute atomic E-state index is 12.5. The van der Waals surface area contributed by atoms with Crippen LogP contribution in [0.15, 0.2) is 28.9 Å². The van der Waals surface area contributed by atoms with Gasteiger partial charge in [0.05, 0.1) is 40.6 Å². The first kappa shape index (κ1) is 17.9. The van der Waals surface area contributed by atoms with E-state index in [0.717, 1.165) is 15.2 Å². The number of fused-ring (bicyclic) bond motifs is 1. The minimum Gasteiger partial charge on any atom is -0.484 e. The number of rotatable bonds is 5. The van der Waals surface area contributed by atoms with Crippen molar-refractivity contribution in [3.05, 3.63) is 41.1 Å². The third-order valence-corrected chi connectivity index (χ3v) is 5.39. The Kier molecular flexibility index (Phi) is 4.81. The van der Waals surface area contributed by atoms with Crippen molar-refractivity contribution in [1.82, 2.24) is 14.9 Å². The molecule has 1 fully saturated rings. The fourth-order valence-electron chi connectivity index (χ4n) is 2.97. The number of benzene rings is 1. The highest BCUT2D eigenvalue weighted by Gasteiger charge is 2.33. The molecule has 1 aliphatic heterocycles. The number of ether oxygens (including phenoxy) is 2. The zero-order valence-electron chi connectivity index (χ0n) is 14.9. The Labute approximate surface area is 159 Å². The number of hydrogen-bond donors (Lipinski definition) is 1. The summed E-state index contributed by atoms with van der Waals surface area (Å²) in [4.78, 5) is 22.6. The summed E-state index contributed by atoms with van der Waals surface area (Å²) in [7, 11) is 1.61. The number of carbonyl (C=O) groups excluding carboxylic acids is 1. The van der Waals surface area contributed by atoms with Crippen LogP contribution in [0, 0.1) is 6.92 Å². The molecular weight excluding hydrogens is 370 g/mol. The summed E-state index contributed by atoms with van der Waals surface area (Å²) in [5, 5.41) is 10.9. The number of aliphatic hydroxyl groups is 1. The Morgan fingerprint density at radius 1 is 1.41 bits per heavy atom. The Balaban J connectivity index is 1.40. The molecule has 0 bridgehead atoms. The average molecular weight is 389 g/mol. The van der Waals surface area contributed by atoms with Crippen LogP contribution < -0.4 is 4.74 Å². The van der Waals surface area contributed by atoms with Gasteiger partial charge in [0.2, 0.25) is 5.89 Å². The van der Waals surface area contributed by atoms with Gasteiger partial charge in [-0.1, -0.05) is 0 Å². The van der Waals surface area contributed by atoms with Crippen LogP contribution in [0.5, 0.6) is 5.75 Å². The molecule has 0 radical (unpaired) electrons. The molecule has 0 unspecified atom stereocenters. The number of thiazole rings is 1. The van der Waals surface area contributed by atoms with Gasteiger partial charge in [0.1, 0.15) is 12.0 Å². The fourth-order valence-corrected chi connectivity index (χ4v) is 3.77. The summed E-state index contributed by atoms with van der Waals surface area (Å²) in [6.07, 6.45) is 0.602. The van der Waals surface area contributed by atoms with Gasteiger partial charge in [0.15, 0.2) is 12.3 Å². The minimum absolute atomic E-state index is 0.0980. The molecule has 0 spiro atoms. The van der Waals surface area contributed by atoms with Crippen molar-refractivity contribution >= 4 is 27.5 Å². The second-order valence-electron chi connectivity index (χ2n) is 6.37. The molecule has 1 saturated heterocycles. The summed E-state index contributed by atoms with van der Waals surface area (Å²) < 4.78 is 17.3. The van der Waals surface area contributed by atoms with Gasteiger partial charge in [-0.25, -0.2) is 9.97 Å². The lowest BCUT2D eigenvalue weighted by molar-refractivity contribution is 0.0575. The van der Waals surface area contributed by atoms with E-state index in [1.165, 1.54) is 11.2 Å². The van der Waals surface area contributed by atoms with Gasteiger partial charge in [-0.3, -0.25) is 4.79 Å². The van der Waals surface area contributed by atoms with E-state index in [0.29, 0.717) is 18.2 Å². The number of hydrogen-bond acceptors (Lipinski definition) is 8. The van der Waals surface area contributed by atoms with E-state index in [1.54, 1.807) is 18.4 Å². The normalized spacial score (nSPS) is 19.5. The first-order chi connectivity index (χ1) is 13.0. The smallest absolute Gasteiger partial charge is 0.275 e. The Hall–Kier alpha value is -2.49. The van der Waals surface area contributed by atoms with E-state index in [4.69, 9.17) is 13.9 Å². The van der Waals surface area contributed by atoms with Crippen molar-refractivity contribution in [2.24, 2.45) is 0 Å². The molecule has 27 heavy (non-hydrogen) atoms. The second kappa shape index (κ2) is 7.26. The largest absolute Gasteiger partial charge is 0.484 e. The molecule has 4 rings (SSSR count). The maximum Gasteiger partial charge on any atom is 0.275 e. The molecular formula is C18H19N3O5S. The zero-order valence-corrected chi connectivity index (χ0v) is 15.7. The lowest BCUT2D eigenvalue weighted by Gasteiger charge is -2.24. The van der Waals surface area contributed by atoms with Gasteiger partial charge in [0, 0.05) is 13.1 Å². The number of nitrogens with zero attached hydrogens (tertiary/aromatic N) is 3. The standard InChI is InChI=1S/C18H19N3O5S/c1-10-19-12-5-11(3-4-16(12)27-10)25-9-17-20-13(6-26-17)18(23)21(2)14-7-24-8-15(14)22/h3-6,14-15,22H,7-9H2,1-2H3/t14-,15-/m0/s1. The minimum atomic E-state index is -0.696. The molecule has 2 atom stereocenters. The van der Waals surface area contributed by atoms with Crippen molar-refractivity contribution < 1.29 is 23.8 Å². The first-order valence-corrected chi connectivity index (χ1v) is 9.30. The number of aromatic nitrogens is 2. The van der Waals surface area contributed by atoms with Crippen LogP contribution in [0.1, 0.15) is 21.4 Å². The van der Waals surface area contributed by atoms with Gasteiger partial charge in [-0.05, 0) is 19.1 Å². The van der Waals surface area contributed by atoms with Crippen LogP contribution in [-0.2, 0) is 11.3 Å². The van der Waals surface area contributed by atoms with Gasteiger partial charge in [0.25, 0.3) is 5.91 Å². The highest BCUT2D eigenvalue weighted by molar-refractivity contribution is 7.18. The molecule has 3 aromatic rings. The summed E-state index contributed by atoms with van der Waals surface area (Å²) in [6, 6.07) is 5.30. The van der Waals surface area contributed by atoms with E-state index in [2.05, 4.69) is 9.97 Å². The maximum atomic E-state index is 12.5. The molecule has 0 aliphatic carbocycles. The van der Waals surface area contributed by atoms with Crippen molar-refractivity contribution in [1.29, 1.82) is 0 Å². The highest BCUT2D eigenvalue weighted by Crippen LogP contribution is 2.26. The van der Waals surface area contributed by atoms with Crippen molar-refractivity contribution in [3.8, 4) is 5.75 Å². The molecule has 9 heteroatoms. The van der Waals surface area contributed by atoms with Crippen LogP contribution in [-0.4, -0.2) is 58.3 Å². The Morgan fingerprint density at radius 3 is 3.04 bits per heavy atom. The number of carbonyl (C=O) groups is 1. The molecule has 1 N–H and O–H groups in total. The van der Waals surface area contributed by atoms with Crippen LogP contribution in [0.25, 0.3) is 10.2 Å². The van der Waals surface area contributed by atoms with E-state index in [-0.39, 0.29) is 30.9 Å². The van der Waals surface area contributed by atoms with E-state index in [9.17, 15) is 9.90 Å². The monoisotopic (exact) mass is 389 g/mol. The van der Waals surface area contributed by atoms with Crippen LogP contribution >= 0.6 is 11.3 Å².